The molecular formula is C29H34N6O6S. The van der Waals surface area contributed by atoms with Crippen LogP contribution in [0.3, 0.4) is 0 Å². The summed E-state index contributed by atoms with van der Waals surface area (Å²) in [7, 11) is -3.92. The van der Waals surface area contributed by atoms with E-state index in [1.54, 1.807) is 39.8 Å². The second-order valence-electron chi connectivity index (χ2n) is 10.2. The van der Waals surface area contributed by atoms with Gasteiger partial charge in [0.25, 0.3) is 16.1 Å². The summed E-state index contributed by atoms with van der Waals surface area (Å²) < 4.78 is 34.4. The van der Waals surface area contributed by atoms with Gasteiger partial charge in [-0.3, -0.25) is 14.6 Å². The van der Waals surface area contributed by atoms with Crippen LogP contribution in [0.1, 0.15) is 52.8 Å². The minimum Gasteiger partial charge on any atom is -0.480 e. The first-order valence-corrected chi connectivity index (χ1v) is 14.9. The number of amides is 1. The molecule has 13 heteroatoms. The van der Waals surface area contributed by atoms with Crippen molar-refractivity contribution >= 4 is 27.8 Å². The third-order valence-electron chi connectivity index (χ3n) is 6.78. The van der Waals surface area contributed by atoms with Gasteiger partial charge in [-0.1, -0.05) is 25.7 Å². The van der Waals surface area contributed by atoms with Crippen LogP contribution in [0, 0.1) is 31.6 Å². The van der Waals surface area contributed by atoms with Gasteiger partial charge in [-0.05, 0) is 49.2 Å². The molecule has 3 heterocycles. The Morgan fingerprint density at radius 1 is 1.05 bits per heavy atom. The Morgan fingerprint density at radius 2 is 1.71 bits per heavy atom. The number of nitrogens with zero attached hydrogens (tertiary/aromatic N) is 4. The molecule has 1 aliphatic heterocycles. The number of hydrogen-bond acceptors (Lipinski definition) is 8. The van der Waals surface area contributed by atoms with Crippen molar-refractivity contribution in [2.75, 3.05) is 31.1 Å². The summed E-state index contributed by atoms with van der Waals surface area (Å²) in [4.78, 5) is 34.5. The van der Waals surface area contributed by atoms with E-state index in [1.807, 2.05) is 24.3 Å². The van der Waals surface area contributed by atoms with Gasteiger partial charge in [-0.25, -0.2) is 4.98 Å². The molecule has 1 aliphatic rings. The van der Waals surface area contributed by atoms with Crippen molar-refractivity contribution < 1.29 is 27.5 Å². The number of hydrogen-bond donors (Lipinski definition) is 3. The summed E-state index contributed by atoms with van der Waals surface area (Å²) in [5.74, 6) is 5.43. The highest BCUT2D eigenvalue weighted by molar-refractivity contribution is 7.87. The number of benzene rings is 1. The number of carboxylic acids is 1. The largest absolute Gasteiger partial charge is 0.480 e. The van der Waals surface area contributed by atoms with Gasteiger partial charge in [0.15, 0.2) is 5.89 Å². The Labute approximate surface area is 245 Å². The topological polar surface area (TPSA) is 158 Å². The predicted molar refractivity (Wildman–Crippen MR) is 156 cm³/mol. The van der Waals surface area contributed by atoms with Gasteiger partial charge < -0.3 is 19.7 Å². The van der Waals surface area contributed by atoms with Crippen LogP contribution < -0.4 is 14.9 Å². The molecule has 0 bridgehead atoms. The van der Waals surface area contributed by atoms with Crippen molar-refractivity contribution in [3.63, 3.8) is 0 Å². The van der Waals surface area contributed by atoms with Gasteiger partial charge in [0.05, 0.1) is 6.54 Å². The number of pyridine rings is 1. The number of carbonyl (C=O) groups is 2. The van der Waals surface area contributed by atoms with Gasteiger partial charge in [0, 0.05) is 56.1 Å². The molecule has 0 spiro atoms. The van der Waals surface area contributed by atoms with Crippen LogP contribution in [-0.2, 0) is 21.5 Å². The van der Waals surface area contributed by atoms with Crippen molar-refractivity contribution in [1.82, 2.24) is 24.3 Å². The van der Waals surface area contributed by atoms with Crippen molar-refractivity contribution in [3.05, 3.63) is 76.8 Å². The normalized spacial score (nSPS) is 14.7. The summed E-state index contributed by atoms with van der Waals surface area (Å²) in [6.07, 6.45) is 1.54. The first kappa shape index (κ1) is 30.7. The van der Waals surface area contributed by atoms with Crippen molar-refractivity contribution in [2.24, 2.45) is 5.92 Å². The summed E-state index contributed by atoms with van der Waals surface area (Å²) in [5.41, 5.74) is 3.25. The minimum atomic E-state index is -3.92. The zero-order valence-electron chi connectivity index (χ0n) is 23.9. The van der Waals surface area contributed by atoms with Crippen LogP contribution in [0.5, 0.6) is 0 Å². The smallest absolute Gasteiger partial charge is 0.322 e. The second-order valence-corrected chi connectivity index (χ2v) is 11.9. The monoisotopic (exact) mass is 594 g/mol. The third-order valence-corrected chi connectivity index (χ3v) is 8.38. The maximum atomic E-state index is 12.7. The Morgan fingerprint density at radius 3 is 2.31 bits per heavy atom. The van der Waals surface area contributed by atoms with Crippen LogP contribution in [0.4, 0.5) is 5.69 Å². The number of piperazine rings is 1. The zero-order chi connectivity index (χ0) is 30.4. The standard InChI is InChI=1S/C29H34N6O6S/c1-19(2)27(29(37)38)33-42(39,40)35-15-13-34(14-16-35)24-9-7-22(8-10-24)5-6-23-11-12-30-25(17-23)28(36)31-18-26-20(3)41-21(4)32-26/h7-12,17,19,27,33H,13-16,18H2,1-4H3,(H,31,36)(H,37,38)/t27-/m1/s1. The van der Waals surface area contributed by atoms with Crippen molar-refractivity contribution in [3.8, 4) is 11.8 Å². The number of anilines is 1. The number of aliphatic carboxylic acids is 1. The molecule has 1 saturated heterocycles. The molecular weight excluding hydrogens is 560 g/mol. The number of carboxylic acid groups (broad SMARTS) is 1. The van der Waals surface area contributed by atoms with E-state index in [0.717, 1.165) is 11.3 Å². The predicted octanol–water partition coefficient (Wildman–Crippen LogP) is 2.08. The van der Waals surface area contributed by atoms with E-state index in [0.29, 0.717) is 36.0 Å². The summed E-state index contributed by atoms with van der Waals surface area (Å²) in [6.45, 7) is 8.48. The molecule has 12 nitrogen and oxygen atoms in total. The van der Waals surface area contributed by atoms with E-state index in [-0.39, 0.29) is 37.2 Å². The number of carbonyl (C=O) groups excluding carboxylic acids is 1. The van der Waals surface area contributed by atoms with E-state index < -0.39 is 22.2 Å². The molecule has 0 unspecified atom stereocenters. The average Bonchev–Trinajstić information content (AvgIpc) is 3.30. The highest BCUT2D eigenvalue weighted by atomic mass is 32.2. The van der Waals surface area contributed by atoms with Crippen LogP contribution in [0.2, 0.25) is 0 Å². The fraction of sp³-hybridized carbons (Fsp3) is 0.379. The Bertz CT molecular complexity index is 1600. The van der Waals surface area contributed by atoms with Crippen LogP contribution in [-0.4, -0.2) is 71.9 Å². The van der Waals surface area contributed by atoms with Gasteiger partial charge in [-0.2, -0.15) is 17.4 Å². The molecule has 1 aromatic carbocycles. The first-order chi connectivity index (χ1) is 19.9. The molecule has 0 aliphatic carbocycles. The highest BCUT2D eigenvalue weighted by Crippen LogP contribution is 2.19. The fourth-order valence-electron chi connectivity index (χ4n) is 4.42. The summed E-state index contributed by atoms with van der Waals surface area (Å²) >= 11 is 0. The molecule has 4 rings (SSSR count). The fourth-order valence-corrected chi connectivity index (χ4v) is 5.90. The number of aryl methyl sites for hydroxylation is 2. The lowest BCUT2D eigenvalue weighted by Crippen LogP contribution is -2.55. The summed E-state index contributed by atoms with van der Waals surface area (Å²) in [5, 5.41) is 12.1. The Balaban J connectivity index is 1.33. The van der Waals surface area contributed by atoms with Crippen LogP contribution >= 0.6 is 0 Å². The van der Waals surface area contributed by atoms with Gasteiger partial charge in [0.2, 0.25) is 0 Å². The van der Waals surface area contributed by atoms with Crippen LogP contribution in [0.25, 0.3) is 0 Å². The lowest BCUT2D eigenvalue weighted by Gasteiger charge is -2.36. The molecule has 3 N–H and O–H groups in total. The second kappa shape index (κ2) is 13.2. The molecule has 0 radical (unpaired) electrons. The van der Waals surface area contributed by atoms with Gasteiger partial charge in [0.1, 0.15) is 23.2 Å². The van der Waals surface area contributed by atoms with Crippen molar-refractivity contribution in [1.29, 1.82) is 0 Å². The molecule has 42 heavy (non-hydrogen) atoms. The maximum absolute atomic E-state index is 12.7. The van der Waals surface area contributed by atoms with Crippen molar-refractivity contribution in [2.45, 2.75) is 40.3 Å². The number of rotatable bonds is 9. The van der Waals surface area contributed by atoms with Gasteiger partial charge >= 0.3 is 5.97 Å². The quantitative estimate of drug-likeness (QED) is 0.316. The van der Waals surface area contributed by atoms with E-state index in [4.69, 9.17) is 4.42 Å². The van der Waals surface area contributed by atoms with Gasteiger partial charge in [-0.15, -0.1) is 0 Å². The zero-order valence-corrected chi connectivity index (χ0v) is 24.7. The Kier molecular flexibility index (Phi) is 9.62. The molecule has 222 valence electrons. The molecule has 0 saturated carbocycles. The molecule has 1 atom stereocenters. The number of aromatic nitrogens is 2. The third kappa shape index (κ3) is 7.73. The molecule has 1 amide bonds. The molecule has 2 aromatic heterocycles. The molecule has 1 fully saturated rings. The molecule has 3 aromatic rings. The lowest BCUT2D eigenvalue weighted by molar-refractivity contribution is -0.140. The number of nitrogens with one attached hydrogen (secondary N) is 2. The first-order valence-electron chi connectivity index (χ1n) is 13.5. The lowest BCUT2D eigenvalue weighted by atomic mass is 10.1. The summed E-state index contributed by atoms with van der Waals surface area (Å²) in [6, 6.07) is 9.77. The van der Waals surface area contributed by atoms with E-state index in [2.05, 4.69) is 36.7 Å². The highest BCUT2D eigenvalue weighted by Gasteiger charge is 2.33. The van der Waals surface area contributed by atoms with E-state index >= 15 is 0 Å². The minimum absolute atomic E-state index is 0.233. The van der Waals surface area contributed by atoms with Crippen LogP contribution in [0.15, 0.2) is 47.0 Å². The van der Waals surface area contributed by atoms with E-state index in [1.165, 1.54) is 10.5 Å². The average molecular weight is 595 g/mol. The van der Waals surface area contributed by atoms with E-state index in [9.17, 15) is 23.1 Å². The SMILES string of the molecule is Cc1nc(CNC(=O)c2cc(C#Cc3ccc(N4CCN(S(=O)(=O)N[C@@H](C(=O)O)C(C)C)CC4)cc3)ccn2)c(C)o1. The maximum Gasteiger partial charge on any atom is 0.322 e. The Hall–Kier alpha value is -4.25. The number of oxazole rings is 1.